The van der Waals surface area contributed by atoms with Gasteiger partial charge in [0.25, 0.3) is 0 Å². The lowest BCUT2D eigenvalue weighted by Crippen LogP contribution is -2.41. The smallest absolute Gasteiger partial charge is 0.228 e. The lowest BCUT2D eigenvalue weighted by atomic mass is 9.98. The maximum atomic E-state index is 12.7. The molecule has 0 saturated heterocycles. The summed E-state index contributed by atoms with van der Waals surface area (Å²) < 4.78 is 0. The Kier molecular flexibility index (Phi) is 7.64. The molecule has 0 aromatic heterocycles. The molecule has 0 bridgehead atoms. The number of carbonyl (C=O) groups excluding carboxylic acids is 1. The highest BCUT2D eigenvalue weighted by Crippen LogP contribution is 2.20. The first-order chi connectivity index (χ1) is 12.2. The van der Waals surface area contributed by atoms with Gasteiger partial charge in [0.2, 0.25) is 5.91 Å². The topological polar surface area (TPSA) is 58.4 Å². The van der Waals surface area contributed by atoms with E-state index in [-0.39, 0.29) is 17.9 Å². The molecule has 2 unspecified atom stereocenters. The van der Waals surface area contributed by atoms with Gasteiger partial charge in [-0.3, -0.25) is 9.69 Å². The highest BCUT2D eigenvalue weighted by atomic mass is 16.1. The van der Waals surface area contributed by atoms with Gasteiger partial charge in [0, 0.05) is 13.1 Å². The molecule has 3 N–H and O–H groups in total. The summed E-state index contributed by atoms with van der Waals surface area (Å²) in [5, 5.41) is 3.12. The number of rotatable bonds is 9. The quantitative estimate of drug-likeness (QED) is 0.738. The number of hydrogen-bond acceptors (Lipinski definition) is 3. The first kappa shape index (κ1) is 19.2. The summed E-state index contributed by atoms with van der Waals surface area (Å²) >= 11 is 0. The number of nitrogens with two attached hydrogens (primary N) is 1. The zero-order chi connectivity index (χ0) is 18.1. The third-order valence-electron chi connectivity index (χ3n) is 4.66. The predicted octanol–water partition coefficient (Wildman–Crippen LogP) is 2.93. The van der Waals surface area contributed by atoms with E-state index in [9.17, 15) is 4.79 Å². The second-order valence-electron chi connectivity index (χ2n) is 6.09. The van der Waals surface area contributed by atoms with Crippen molar-refractivity contribution in [3.63, 3.8) is 0 Å². The summed E-state index contributed by atoms with van der Waals surface area (Å²) in [5.41, 5.74) is 8.04. The molecule has 0 spiro atoms. The molecular formula is C21H29N3O. The van der Waals surface area contributed by atoms with Crippen LogP contribution in [-0.4, -0.2) is 37.0 Å². The van der Waals surface area contributed by atoms with E-state index in [1.165, 1.54) is 5.56 Å². The van der Waals surface area contributed by atoms with Crippen LogP contribution in [0.15, 0.2) is 60.7 Å². The van der Waals surface area contributed by atoms with Crippen molar-refractivity contribution in [1.29, 1.82) is 0 Å². The minimum absolute atomic E-state index is 0.0122. The summed E-state index contributed by atoms with van der Waals surface area (Å²) in [6.45, 7) is 7.04. The molecule has 2 aromatic rings. The lowest BCUT2D eigenvalue weighted by Gasteiger charge is -2.30. The number of hydrogen-bond donors (Lipinski definition) is 2. The Balaban J connectivity index is 2.10. The van der Waals surface area contributed by atoms with Crippen molar-refractivity contribution < 1.29 is 4.79 Å². The number of likely N-dealkylation sites (N-methyl/N-ethyl adjacent to an activating group) is 1. The van der Waals surface area contributed by atoms with Gasteiger partial charge < -0.3 is 11.1 Å². The molecule has 4 heteroatoms. The van der Waals surface area contributed by atoms with E-state index in [0.29, 0.717) is 13.1 Å². The van der Waals surface area contributed by atoms with E-state index in [1.807, 2.05) is 48.5 Å². The first-order valence-electron chi connectivity index (χ1n) is 9.02. The van der Waals surface area contributed by atoms with Gasteiger partial charge in [-0.2, -0.15) is 0 Å². The number of benzene rings is 2. The van der Waals surface area contributed by atoms with Crippen LogP contribution in [-0.2, 0) is 4.79 Å². The Morgan fingerprint density at radius 2 is 1.48 bits per heavy atom. The van der Waals surface area contributed by atoms with E-state index in [4.69, 9.17) is 5.73 Å². The fourth-order valence-electron chi connectivity index (χ4n) is 3.20. The van der Waals surface area contributed by atoms with Gasteiger partial charge in [0.05, 0.1) is 12.0 Å². The molecule has 0 saturated carbocycles. The summed E-state index contributed by atoms with van der Waals surface area (Å²) in [4.78, 5) is 15.1. The van der Waals surface area contributed by atoms with Crippen molar-refractivity contribution in [2.24, 2.45) is 5.73 Å². The fourth-order valence-corrected chi connectivity index (χ4v) is 3.20. The first-order valence-corrected chi connectivity index (χ1v) is 9.02. The summed E-state index contributed by atoms with van der Waals surface area (Å²) in [6.07, 6.45) is 0. The molecule has 4 nitrogen and oxygen atoms in total. The Morgan fingerprint density at radius 3 is 1.96 bits per heavy atom. The summed E-state index contributed by atoms with van der Waals surface area (Å²) in [7, 11) is 0. The van der Waals surface area contributed by atoms with Crippen LogP contribution >= 0.6 is 0 Å². The second-order valence-corrected chi connectivity index (χ2v) is 6.09. The van der Waals surface area contributed by atoms with Crippen LogP contribution in [0.5, 0.6) is 0 Å². The number of carbonyl (C=O) groups is 1. The normalized spacial score (nSPS) is 13.4. The van der Waals surface area contributed by atoms with Crippen molar-refractivity contribution in [3.8, 4) is 0 Å². The highest BCUT2D eigenvalue weighted by Gasteiger charge is 2.22. The van der Waals surface area contributed by atoms with Crippen LogP contribution in [0.1, 0.15) is 36.9 Å². The third-order valence-corrected chi connectivity index (χ3v) is 4.66. The number of amides is 1. The van der Waals surface area contributed by atoms with Crippen molar-refractivity contribution in [2.45, 2.75) is 25.8 Å². The molecule has 0 aliphatic carbocycles. The van der Waals surface area contributed by atoms with Gasteiger partial charge in [0.1, 0.15) is 0 Å². The van der Waals surface area contributed by atoms with E-state index in [1.54, 1.807) is 0 Å². The molecule has 1 amide bonds. The highest BCUT2D eigenvalue weighted by molar-refractivity contribution is 5.83. The minimum Gasteiger partial charge on any atom is -0.354 e. The van der Waals surface area contributed by atoms with Crippen LogP contribution < -0.4 is 11.1 Å². The molecule has 0 aliphatic heterocycles. The van der Waals surface area contributed by atoms with Gasteiger partial charge in [-0.15, -0.1) is 0 Å². The molecule has 25 heavy (non-hydrogen) atoms. The molecular weight excluding hydrogens is 310 g/mol. The second kappa shape index (κ2) is 9.97. The number of nitrogens with zero attached hydrogens (tertiary/aromatic N) is 1. The molecule has 2 atom stereocenters. The van der Waals surface area contributed by atoms with E-state index in [0.717, 1.165) is 18.7 Å². The van der Waals surface area contributed by atoms with Crippen LogP contribution in [0.4, 0.5) is 0 Å². The predicted molar refractivity (Wildman–Crippen MR) is 103 cm³/mol. The molecule has 0 radical (unpaired) electrons. The van der Waals surface area contributed by atoms with Crippen molar-refractivity contribution in [1.82, 2.24) is 10.2 Å². The van der Waals surface area contributed by atoms with Crippen LogP contribution in [0, 0.1) is 0 Å². The van der Waals surface area contributed by atoms with Crippen molar-refractivity contribution >= 4 is 5.91 Å². The Bertz CT molecular complexity index is 626. The molecule has 0 aliphatic rings. The maximum Gasteiger partial charge on any atom is 0.228 e. The van der Waals surface area contributed by atoms with Gasteiger partial charge in [-0.05, 0) is 24.2 Å². The molecule has 0 fully saturated rings. The SMILES string of the molecule is CCN(CC)C(CNC(=O)C(CN)c1ccccc1)c1ccccc1. The molecule has 2 rings (SSSR count). The third kappa shape index (κ3) is 5.15. The number of nitrogens with one attached hydrogen (secondary N) is 1. The Morgan fingerprint density at radius 1 is 0.960 bits per heavy atom. The standard InChI is InChI=1S/C21H29N3O/c1-3-24(4-2)20(18-13-9-6-10-14-18)16-23-21(25)19(15-22)17-11-7-5-8-12-17/h5-14,19-20H,3-4,15-16,22H2,1-2H3,(H,23,25). The lowest BCUT2D eigenvalue weighted by molar-refractivity contribution is -0.122. The summed E-state index contributed by atoms with van der Waals surface area (Å²) in [6, 6.07) is 20.2. The van der Waals surface area contributed by atoms with Gasteiger partial charge in [-0.25, -0.2) is 0 Å². The van der Waals surface area contributed by atoms with Crippen molar-refractivity contribution in [2.75, 3.05) is 26.2 Å². The van der Waals surface area contributed by atoms with Gasteiger partial charge in [0.15, 0.2) is 0 Å². The molecule has 2 aromatic carbocycles. The fraction of sp³-hybridized carbons (Fsp3) is 0.381. The van der Waals surface area contributed by atoms with E-state index in [2.05, 4.69) is 36.2 Å². The van der Waals surface area contributed by atoms with Crippen LogP contribution in [0.3, 0.4) is 0 Å². The summed E-state index contributed by atoms with van der Waals surface area (Å²) in [5.74, 6) is -0.323. The maximum absolute atomic E-state index is 12.7. The Labute approximate surface area is 151 Å². The van der Waals surface area contributed by atoms with Crippen LogP contribution in [0.2, 0.25) is 0 Å². The molecule has 134 valence electrons. The zero-order valence-corrected chi connectivity index (χ0v) is 15.2. The van der Waals surface area contributed by atoms with E-state index >= 15 is 0 Å². The average Bonchev–Trinajstić information content (AvgIpc) is 2.67. The van der Waals surface area contributed by atoms with Gasteiger partial charge >= 0.3 is 0 Å². The Hall–Kier alpha value is -2.17. The zero-order valence-electron chi connectivity index (χ0n) is 15.2. The monoisotopic (exact) mass is 339 g/mol. The molecule has 0 heterocycles. The largest absolute Gasteiger partial charge is 0.354 e. The van der Waals surface area contributed by atoms with Gasteiger partial charge in [-0.1, -0.05) is 74.5 Å². The average molecular weight is 339 g/mol. The van der Waals surface area contributed by atoms with E-state index < -0.39 is 0 Å². The minimum atomic E-state index is -0.311. The van der Waals surface area contributed by atoms with Crippen molar-refractivity contribution in [3.05, 3.63) is 71.8 Å². The van der Waals surface area contributed by atoms with Crippen LogP contribution in [0.25, 0.3) is 0 Å².